The van der Waals surface area contributed by atoms with Gasteiger partial charge in [-0.1, -0.05) is 60.8 Å². The molecule has 41 heavy (non-hydrogen) atoms. The molecule has 1 fully saturated rings. The summed E-state index contributed by atoms with van der Waals surface area (Å²) < 4.78 is 29.3. The minimum absolute atomic E-state index is 0.0519. The van der Waals surface area contributed by atoms with Gasteiger partial charge in [0.1, 0.15) is 6.04 Å². The molecule has 13 heteroatoms. The maximum absolute atomic E-state index is 13.7. The van der Waals surface area contributed by atoms with Crippen LogP contribution < -0.4 is 15.8 Å². The Balaban J connectivity index is 1.56. The summed E-state index contributed by atoms with van der Waals surface area (Å²) in [5.74, 6) is -2.58. The van der Waals surface area contributed by atoms with E-state index in [1.807, 2.05) is 12.1 Å². The summed E-state index contributed by atoms with van der Waals surface area (Å²) >= 11 is 5.19. The van der Waals surface area contributed by atoms with E-state index < -0.39 is 40.2 Å². The van der Waals surface area contributed by atoms with Crippen molar-refractivity contribution in [3.63, 3.8) is 0 Å². The third kappa shape index (κ3) is 7.04. The average molecular weight is 597 g/mol. The van der Waals surface area contributed by atoms with Crippen molar-refractivity contribution in [2.45, 2.75) is 36.2 Å². The summed E-state index contributed by atoms with van der Waals surface area (Å²) in [7, 11) is -2.68. The fraction of sp³-hybridized carbons (Fsp3) is 0.321. The van der Waals surface area contributed by atoms with Gasteiger partial charge in [0.25, 0.3) is 11.7 Å². The van der Waals surface area contributed by atoms with E-state index in [4.69, 9.17) is 23.4 Å². The van der Waals surface area contributed by atoms with Crippen LogP contribution in [-0.2, 0) is 24.4 Å². The molecule has 1 saturated heterocycles. The first-order chi connectivity index (χ1) is 19.5. The molecule has 2 aromatic carbocycles. The van der Waals surface area contributed by atoms with Crippen LogP contribution in [0.5, 0.6) is 0 Å². The summed E-state index contributed by atoms with van der Waals surface area (Å²) in [6, 6.07) is 10.1. The number of ketones is 1. The van der Waals surface area contributed by atoms with Crippen LogP contribution in [0.2, 0.25) is 0 Å². The lowest BCUT2D eigenvalue weighted by Gasteiger charge is -2.39. The largest absolute Gasteiger partial charge is 0.370 e. The number of hydrogen-bond donors (Lipinski definition) is 4. The van der Waals surface area contributed by atoms with Crippen LogP contribution in [0.25, 0.3) is 10.8 Å². The van der Waals surface area contributed by atoms with Gasteiger partial charge in [0.15, 0.2) is 5.96 Å². The van der Waals surface area contributed by atoms with E-state index in [9.17, 15) is 22.8 Å². The molecule has 2 amide bonds. The van der Waals surface area contributed by atoms with E-state index in [0.29, 0.717) is 42.6 Å². The zero-order chi connectivity index (χ0) is 29.7. The number of Topliss-reactive ketones (excluding diaryl/α,β-unsaturated/α-hetero) is 1. The van der Waals surface area contributed by atoms with Crippen LogP contribution in [-0.4, -0.2) is 85.4 Å². The van der Waals surface area contributed by atoms with Crippen molar-refractivity contribution in [3.8, 4) is 0 Å². The monoisotopic (exact) mass is 596 g/mol. The Hall–Kier alpha value is -3.94. The van der Waals surface area contributed by atoms with E-state index in [-0.39, 0.29) is 22.5 Å². The number of thiocarbonyl (C=S) groups is 1. The van der Waals surface area contributed by atoms with Crippen molar-refractivity contribution in [1.82, 2.24) is 19.8 Å². The highest BCUT2D eigenvalue weighted by Crippen LogP contribution is 2.20. The summed E-state index contributed by atoms with van der Waals surface area (Å²) in [5.41, 5.74) is 5.74. The summed E-state index contributed by atoms with van der Waals surface area (Å²) in [6.45, 7) is 0.419. The Bertz CT molecular complexity index is 1570. The Morgan fingerprint density at radius 2 is 1.93 bits per heavy atom. The predicted octanol–water partition coefficient (Wildman–Crippen LogP) is 1.24. The van der Waals surface area contributed by atoms with Gasteiger partial charge in [-0.25, -0.2) is 8.42 Å². The minimum Gasteiger partial charge on any atom is -0.370 e. The van der Waals surface area contributed by atoms with Gasteiger partial charge in [-0.3, -0.25) is 19.8 Å². The number of nitrogens with zero attached hydrogens (tertiary/aromatic N) is 2. The topological polar surface area (TPSA) is 166 Å². The fourth-order valence-corrected chi connectivity index (χ4v) is 6.31. The predicted molar refractivity (Wildman–Crippen MR) is 160 cm³/mol. The second-order valence-corrected chi connectivity index (χ2v) is 12.1. The van der Waals surface area contributed by atoms with Gasteiger partial charge in [-0.2, -0.15) is 4.72 Å². The number of benzene rings is 2. The molecule has 1 heterocycles. The maximum atomic E-state index is 13.7. The molecular weight excluding hydrogens is 564 g/mol. The van der Waals surface area contributed by atoms with Crippen LogP contribution in [0.3, 0.4) is 0 Å². The van der Waals surface area contributed by atoms with Crippen molar-refractivity contribution < 1.29 is 22.8 Å². The molecule has 1 unspecified atom stereocenters. The number of carbonyl (C=O) groups is 3. The number of nitrogens with two attached hydrogens (primary N) is 1. The molecule has 2 aliphatic rings. The van der Waals surface area contributed by atoms with Gasteiger partial charge in [0.05, 0.1) is 4.90 Å². The molecule has 2 aromatic rings. The zero-order valence-electron chi connectivity index (χ0n) is 22.5. The van der Waals surface area contributed by atoms with Crippen molar-refractivity contribution >= 4 is 61.4 Å². The number of sulfonamides is 1. The van der Waals surface area contributed by atoms with Gasteiger partial charge >= 0.3 is 0 Å². The normalized spacial score (nSPS) is 18.0. The van der Waals surface area contributed by atoms with Crippen LogP contribution >= 0.6 is 12.2 Å². The highest BCUT2D eigenvalue weighted by Gasteiger charge is 2.34. The first-order valence-electron chi connectivity index (χ1n) is 13.1. The molecular formula is C28H32N6O5S2. The SMILES string of the molecule is CN(C(=O)C(CNC(=O)C(=O)C1=CC=CCC1=S)NS(=O)(=O)c1ccc2ccccc2c1)[C@H]1CCCN(C(=N)N)C1. The summed E-state index contributed by atoms with van der Waals surface area (Å²) in [5, 5.41) is 11.7. The van der Waals surface area contributed by atoms with Crippen LogP contribution in [0, 0.1) is 5.41 Å². The lowest BCUT2D eigenvalue weighted by Crippen LogP contribution is -2.58. The summed E-state index contributed by atoms with van der Waals surface area (Å²) in [6.07, 6.45) is 6.52. The Morgan fingerprint density at radius 3 is 2.63 bits per heavy atom. The number of hydrogen-bond acceptors (Lipinski definition) is 7. The summed E-state index contributed by atoms with van der Waals surface area (Å²) in [4.78, 5) is 42.5. The molecule has 1 aliphatic carbocycles. The number of likely N-dealkylation sites (N-methyl/N-ethyl adjacent to an activating group) is 1. The number of guanidine groups is 1. The number of carbonyl (C=O) groups excluding carboxylic acids is 3. The smallest absolute Gasteiger partial charge is 0.292 e. The van der Waals surface area contributed by atoms with Crippen molar-refractivity contribution in [1.29, 1.82) is 5.41 Å². The number of likely N-dealkylation sites (tertiary alicyclic amines) is 1. The minimum atomic E-state index is -4.22. The van der Waals surface area contributed by atoms with Crippen LogP contribution in [0.4, 0.5) is 0 Å². The third-order valence-electron chi connectivity index (χ3n) is 7.18. The Morgan fingerprint density at radius 1 is 1.20 bits per heavy atom. The Labute approximate surface area is 244 Å². The van der Waals surface area contributed by atoms with Crippen LogP contribution in [0.15, 0.2) is 71.2 Å². The van der Waals surface area contributed by atoms with Crippen molar-refractivity contribution in [3.05, 3.63) is 66.3 Å². The van der Waals surface area contributed by atoms with E-state index in [2.05, 4.69) is 10.0 Å². The zero-order valence-corrected chi connectivity index (χ0v) is 24.1. The van der Waals surface area contributed by atoms with Gasteiger partial charge < -0.3 is 20.9 Å². The molecule has 1 aliphatic heterocycles. The molecule has 0 aromatic heterocycles. The highest BCUT2D eigenvalue weighted by atomic mass is 32.2. The third-order valence-corrected chi connectivity index (χ3v) is 9.04. The van der Waals surface area contributed by atoms with E-state index in [1.165, 1.54) is 23.1 Å². The van der Waals surface area contributed by atoms with E-state index in [0.717, 1.165) is 5.39 Å². The second kappa shape index (κ2) is 12.7. The highest BCUT2D eigenvalue weighted by molar-refractivity contribution is 7.89. The Kier molecular flexibility index (Phi) is 9.31. The van der Waals surface area contributed by atoms with Gasteiger partial charge in [-0.15, -0.1) is 0 Å². The molecule has 4 rings (SSSR count). The van der Waals surface area contributed by atoms with Crippen molar-refractivity contribution in [2.24, 2.45) is 5.73 Å². The lowest BCUT2D eigenvalue weighted by atomic mass is 10.0. The van der Waals surface area contributed by atoms with E-state index in [1.54, 1.807) is 42.3 Å². The number of rotatable bonds is 9. The molecule has 0 saturated carbocycles. The van der Waals surface area contributed by atoms with Gasteiger partial charge in [0, 0.05) is 49.6 Å². The molecule has 0 radical (unpaired) electrons. The number of nitrogens with one attached hydrogen (secondary N) is 3. The van der Waals surface area contributed by atoms with E-state index >= 15 is 0 Å². The van der Waals surface area contributed by atoms with Gasteiger partial charge in [0.2, 0.25) is 15.9 Å². The number of fused-ring (bicyclic) bond motifs is 1. The molecule has 0 spiro atoms. The van der Waals surface area contributed by atoms with Crippen LogP contribution in [0.1, 0.15) is 19.3 Å². The molecule has 216 valence electrons. The second-order valence-electron chi connectivity index (χ2n) is 9.93. The quantitative estimate of drug-likeness (QED) is 0.145. The number of piperidine rings is 1. The number of allylic oxidation sites excluding steroid dienone is 3. The number of amides is 2. The molecule has 5 N–H and O–H groups in total. The molecule has 0 bridgehead atoms. The molecule has 11 nitrogen and oxygen atoms in total. The maximum Gasteiger partial charge on any atom is 0.292 e. The van der Waals surface area contributed by atoms with Gasteiger partial charge in [-0.05, 0) is 35.7 Å². The first kappa shape index (κ1) is 30.0. The van der Waals surface area contributed by atoms with Crippen molar-refractivity contribution in [2.75, 3.05) is 26.7 Å². The average Bonchev–Trinajstić information content (AvgIpc) is 2.98. The fourth-order valence-electron chi connectivity index (χ4n) is 4.83. The first-order valence-corrected chi connectivity index (χ1v) is 15.0. The lowest BCUT2D eigenvalue weighted by molar-refractivity contribution is -0.137. The standard InChI is InChI=1S/C28H32N6O5S2/c1-33(20-9-6-14-34(17-20)28(29)30)27(37)23(16-31-26(36)25(35)22-10-4-5-11-24(22)40)32-41(38,39)21-13-12-18-7-2-3-8-19(18)15-21/h2-5,7-8,10,12-13,15,20,23,32H,6,9,11,14,16-17H2,1H3,(H3,29,30)(H,31,36)/t20-,23?/m0/s1. The molecule has 2 atom stereocenters.